The van der Waals surface area contributed by atoms with Crippen molar-refractivity contribution in [3.05, 3.63) is 11.1 Å². The van der Waals surface area contributed by atoms with Crippen molar-refractivity contribution in [1.29, 1.82) is 0 Å². The Morgan fingerprint density at radius 1 is 1.43 bits per heavy atom. The summed E-state index contributed by atoms with van der Waals surface area (Å²) in [5.41, 5.74) is 1.26. The second-order valence-corrected chi connectivity index (χ2v) is 5.43. The zero-order valence-corrected chi connectivity index (χ0v) is 9.69. The van der Waals surface area contributed by atoms with E-state index in [0.29, 0.717) is 11.3 Å². The summed E-state index contributed by atoms with van der Waals surface area (Å²) in [5.74, 6) is -0.0329. The number of nitrogens with one attached hydrogen (secondary N) is 1. The molecule has 0 aliphatic carbocycles. The molecule has 2 aliphatic heterocycles. The van der Waals surface area contributed by atoms with Crippen molar-refractivity contribution in [1.82, 2.24) is 5.32 Å². The van der Waals surface area contributed by atoms with Crippen LogP contribution >= 0.6 is 11.8 Å². The standard InChI is InChI=1S/C10H17NO2S/c1-7-11-9(6-14-7)8-4-12-10(2,3)13-5-8/h6-8,11H,4-5H2,1-3H3. The fraction of sp³-hybridized carbons (Fsp3) is 0.800. The van der Waals surface area contributed by atoms with Crippen LogP contribution in [0.25, 0.3) is 0 Å². The first-order valence-electron chi connectivity index (χ1n) is 4.97. The molecule has 0 aromatic carbocycles. The van der Waals surface area contributed by atoms with Gasteiger partial charge in [-0.1, -0.05) is 0 Å². The molecule has 2 aliphatic rings. The first-order valence-corrected chi connectivity index (χ1v) is 5.91. The summed E-state index contributed by atoms with van der Waals surface area (Å²) in [5, 5.41) is 6.08. The maximum Gasteiger partial charge on any atom is 0.162 e. The molecule has 1 fully saturated rings. The SMILES string of the molecule is CC1NC(C2COC(C)(C)OC2)=CS1. The van der Waals surface area contributed by atoms with Crippen molar-refractivity contribution < 1.29 is 9.47 Å². The molecule has 14 heavy (non-hydrogen) atoms. The second-order valence-electron chi connectivity index (χ2n) is 4.21. The molecular weight excluding hydrogens is 198 g/mol. The zero-order valence-electron chi connectivity index (χ0n) is 8.87. The summed E-state index contributed by atoms with van der Waals surface area (Å²) in [6, 6.07) is 0. The Morgan fingerprint density at radius 3 is 2.57 bits per heavy atom. The van der Waals surface area contributed by atoms with Crippen LogP contribution in [0.15, 0.2) is 11.1 Å². The van der Waals surface area contributed by atoms with E-state index in [-0.39, 0.29) is 0 Å². The highest BCUT2D eigenvalue weighted by atomic mass is 32.2. The predicted octanol–water partition coefficient (Wildman–Crippen LogP) is 1.91. The summed E-state index contributed by atoms with van der Waals surface area (Å²) in [6.45, 7) is 7.56. The molecule has 0 radical (unpaired) electrons. The van der Waals surface area contributed by atoms with Gasteiger partial charge in [0, 0.05) is 11.6 Å². The third kappa shape index (κ3) is 2.24. The van der Waals surface area contributed by atoms with E-state index < -0.39 is 5.79 Å². The molecule has 0 amide bonds. The van der Waals surface area contributed by atoms with Crippen LogP contribution in [0.3, 0.4) is 0 Å². The van der Waals surface area contributed by atoms with Gasteiger partial charge in [-0.05, 0) is 26.2 Å². The minimum absolute atomic E-state index is 0.375. The summed E-state index contributed by atoms with van der Waals surface area (Å²) in [6.07, 6.45) is 0. The lowest BCUT2D eigenvalue weighted by Crippen LogP contribution is -2.41. The van der Waals surface area contributed by atoms with Gasteiger partial charge in [-0.15, -0.1) is 11.8 Å². The van der Waals surface area contributed by atoms with Crippen molar-refractivity contribution in [2.45, 2.75) is 31.9 Å². The topological polar surface area (TPSA) is 30.5 Å². The molecule has 1 saturated heterocycles. The van der Waals surface area contributed by atoms with Crippen molar-refractivity contribution in [2.75, 3.05) is 13.2 Å². The highest BCUT2D eigenvalue weighted by molar-refractivity contribution is 8.02. The van der Waals surface area contributed by atoms with Gasteiger partial charge >= 0.3 is 0 Å². The highest BCUT2D eigenvalue weighted by Gasteiger charge is 2.31. The van der Waals surface area contributed by atoms with Crippen LogP contribution in [0.1, 0.15) is 20.8 Å². The summed E-state index contributed by atoms with van der Waals surface area (Å²) < 4.78 is 11.2. The van der Waals surface area contributed by atoms with Crippen LogP contribution in [0, 0.1) is 5.92 Å². The van der Waals surface area contributed by atoms with Crippen molar-refractivity contribution in [3.8, 4) is 0 Å². The van der Waals surface area contributed by atoms with Gasteiger partial charge in [-0.25, -0.2) is 0 Å². The first kappa shape index (κ1) is 10.3. The van der Waals surface area contributed by atoms with Gasteiger partial charge < -0.3 is 14.8 Å². The van der Waals surface area contributed by atoms with Gasteiger partial charge in [0.05, 0.1) is 18.6 Å². The second kappa shape index (κ2) is 3.76. The molecule has 0 aromatic heterocycles. The highest BCUT2D eigenvalue weighted by Crippen LogP contribution is 2.29. The Labute approximate surface area is 89.2 Å². The molecule has 0 saturated carbocycles. The maximum absolute atomic E-state index is 5.61. The smallest absolute Gasteiger partial charge is 0.162 e. The predicted molar refractivity (Wildman–Crippen MR) is 57.7 cm³/mol. The third-order valence-corrected chi connectivity index (χ3v) is 3.39. The molecule has 3 nitrogen and oxygen atoms in total. The molecule has 4 heteroatoms. The van der Waals surface area contributed by atoms with E-state index in [1.807, 2.05) is 25.6 Å². The van der Waals surface area contributed by atoms with Crippen LogP contribution in [0.4, 0.5) is 0 Å². The quantitative estimate of drug-likeness (QED) is 0.724. The van der Waals surface area contributed by atoms with E-state index in [9.17, 15) is 0 Å². The van der Waals surface area contributed by atoms with E-state index in [4.69, 9.17) is 9.47 Å². The number of hydrogen-bond donors (Lipinski definition) is 1. The Bertz CT molecular complexity index is 243. The van der Waals surface area contributed by atoms with Crippen molar-refractivity contribution in [2.24, 2.45) is 5.92 Å². The normalized spacial score (nSPS) is 32.5. The Morgan fingerprint density at radius 2 is 2.07 bits per heavy atom. The lowest BCUT2D eigenvalue weighted by atomic mass is 10.1. The zero-order chi connectivity index (χ0) is 10.2. The molecule has 0 spiro atoms. The van der Waals surface area contributed by atoms with Crippen LogP contribution in [0.5, 0.6) is 0 Å². The molecule has 1 unspecified atom stereocenters. The maximum atomic E-state index is 5.61. The number of rotatable bonds is 1. The fourth-order valence-corrected chi connectivity index (χ4v) is 2.38. The average molecular weight is 215 g/mol. The molecule has 1 N–H and O–H groups in total. The summed E-state index contributed by atoms with van der Waals surface area (Å²) in [7, 11) is 0. The average Bonchev–Trinajstić information content (AvgIpc) is 2.52. The lowest BCUT2D eigenvalue weighted by Gasteiger charge is -2.35. The van der Waals surface area contributed by atoms with Crippen molar-refractivity contribution in [3.63, 3.8) is 0 Å². The van der Waals surface area contributed by atoms with Crippen LogP contribution in [-0.2, 0) is 9.47 Å². The van der Waals surface area contributed by atoms with Gasteiger partial charge in [0.1, 0.15) is 0 Å². The lowest BCUT2D eigenvalue weighted by molar-refractivity contribution is -0.257. The molecule has 0 aromatic rings. The number of ether oxygens (including phenoxy) is 2. The van der Waals surface area contributed by atoms with E-state index in [1.165, 1.54) is 5.70 Å². The molecule has 0 bridgehead atoms. The molecule has 80 valence electrons. The Kier molecular flexibility index (Phi) is 2.77. The van der Waals surface area contributed by atoms with E-state index in [0.717, 1.165) is 13.2 Å². The monoisotopic (exact) mass is 215 g/mol. The molecule has 2 heterocycles. The minimum Gasteiger partial charge on any atom is -0.376 e. The van der Waals surface area contributed by atoms with Gasteiger partial charge in [0.25, 0.3) is 0 Å². The summed E-state index contributed by atoms with van der Waals surface area (Å²) in [4.78, 5) is 0. The van der Waals surface area contributed by atoms with Gasteiger partial charge in [-0.3, -0.25) is 0 Å². The van der Waals surface area contributed by atoms with Crippen LogP contribution < -0.4 is 5.32 Å². The van der Waals surface area contributed by atoms with Crippen LogP contribution in [0.2, 0.25) is 0 Å². The van der Waals surface area contributed by atoms with Crippen LogP contribution in [-0.4, -0.2) is 24.4 Å². The molecule has 1 atom stereocenters. The minimum atomic E-state index is -0.408. The number of hydrogen-bond acceptors (Lipinski definition) is 4. The van der Waals surface area contributed by atoms with Gasteiger partial charge in [0.2, 0.25) is 0 Å². The first-order chi connectivity index (χ1) is 6.57. The van der Waals surface area contributed by atoms with E-state index >= 15 is 0 Å². The molecule has 2 rings (SSSR count). The molecular formula is C10H17NO2S. The Hall–Kier alpha value is -0.190. The largest absolute Gasteiger partial charge is 0.376 e. The van der Waals surface area contributed by atoms with Gasteiger partial charge in [0.15, 0.2) is 5.79 Å². The van der Waals surface area contributed by atoms with E-state index in [1.54, 1.807) is 0 Å². The Balaban J connectivity index is 1.90. The van der Waals surface area contributed by atoms with Gasteiger partial charge in [-0.2, -0.15) is 0 Å². The van der Waals surface area contributed by atoms with E-state index in [2.05, 4.69) is 17.6 Å². The summed E-state index contributed by atoms with van der Waals surface area (Å²) >= 11 is 1.81. The number of thioether (sulfide) groups is 1. The fourth-order valence-electron chi connectivity index (χ4n) is 1.56. The third-order valence-electron chi connectivity index (χ3n) is 2.47. The van der Waals surface area contributed by atoms with Crippen molar-refractivity contribution >= 4 is 11.8 Å².